The molecule has 0 aliphatic heterocycles. The first-order valence-corrected chi connectivity index (χ1v) is 13.3. The Kier molecular flexibility index (Phi) is 7.16. The Balaban J connectivity index is 0.000000216. The molecule has 0 N–H and O–H groups in total. The number of halogens is 1. The van der Waals surface area contributed by atoms with Gasteiger partial charge in [0.2, 0.25) is 5.71 Å². The minimum absolute atomic E-state index is 0. The minimum atomic E-state index is -2.42. The van der Waals surface area contributed by atoms with Gasteiger partial charge in [-0.1, -0.05) is 67.4 Å². The first-order chi connectivity index (χ1) is 21.9. The van der Waals surface area contributed by atoms with Crippen LogP contribution in [0.1, 0.15) is 56.9 Å². The van der Waals surface area contributed by atoms with Crippen molar-refractivity contribution in [3.8, 4) is 22.5 Å². The second kappa shape index (κ2) is 12.6. The van der Waals surface area contributed by atoms with E-state index in [1.807, 2.05) is 64.2 Å². The molecule has 6 aromatic rings. The Bertz CT molecular complexity index is 2080. The van der Waals surface area contributed by atoms with Gasteiger partial charge in [0.1, 0.15) is 0 Å². The van der Waals surface area contributed by atoms with Gasteiger partial charge in [-0.3, -0.25) is 4.39 Å². The van der Waals surface area contributed by atoms with Crippen LogP contribution in [0, 0.1) is 50.9 Å². The summed E-state index contributed by atoms with van der Waals surface area (Å²) in [6.45, 7) is 5.21. The number of rotatable bonds is 3. The van der Waals surface area contributed by atoms with Crippen LogP contribution >= 0.6 is 0 Å². The molecule has 0 fully saturated rings. The number of hydrogen-bond donors (Lipinski definition) is 0. The molecular weight excluding hydrogens is 702 g/mol. The topological polar surface area (TPSA) is 51.8 Å². The van der Waals surface area contributed by atoms with Crippen molar-refractivity contribution < 1.29 is 37.1 Å². The van der Waals surface area contributed by atoms with Gasteiger partial charge >= 0.3 is 0 Å². The van der Waals surface area contributed by atoms with Gasteiger partial charge in [-0.2, -0.15) is 0 Å². The fourth-order valence-corrected chi connectivity index (χ4v) is 4.59. The summed E-state index contributed by atoms with van der Waals surface area (Å²) in [5.74, 6) is -0.755. The van der Waals surface area contributed by atoms with Crippen molar-refractivity contribution in [3.63, 3.8) is 0 Å². The van der Waals surface area contributed by atoms with Crippen molar-refractivity contribution >= 4 is 22.1 Å². The molecule has 0 saturated heterocycles. The summed E-state index contributed by atoms with van der Waals surface area (Å²) >= 11 is 0. The number of furan rings is 1. The number of nitrogens with zero attached hydrogens (tertiary/aromatic N) is 3. The third-order valence-electron chi connectivity index (χ3n) is 6.47. The quantitative estimate of drug-likeness (QED) is 0.170. The van der Waals surface area contributed by atoms with Crippen LogP contribution in [0.4, 0.5) is 4.39 Å². The largest absolute Gasteiger partial charge is 0.486 e. The zero-order valence-electron chi connectivity index (χ0n) is 30.0. The van der Waals surface area contributed by atoms with Gasteiger partial charge in [0.05, 0.1) is 5.58 Å². The van der Waals surface area contributed by atoms with E-state index in [1.54, 1.807) is 6.07 Å². The standard InChI is InChI=1S/C18H21FN.C18H13N2O.Ir/c1-12-6-7-15(16(19)8-12)17-9-14(10-18(3,4)5)13(2)11-20-17;1-11-8-9-19-16(10-11)15-5-3-4-13-14-7-6-12(2)20-18(14)21-17(13)15;/h6,8-9,11H,10H2,1-5H3;3-4,6-10H,1-2H3;/q2*-1;/i1D3,2D3;;. The predicted octanol–water partition coefficient (Wildman–Crippen LogP) is 9.35. The van der Waals surface area contributed by atoms with E-state index in [2.05, 4.69) is 40.1 Å². The molecule has 4 nitrogen and oxygen atoms in total. The van der Waals surface area contributed by atoms with Crippen molar-refractivity contribution in [1.82, 2.24) is 15.0 Å². The first kappa shape index (κ1) is 23.8. The SMILES string of the molecule is Cc1ccnc(-c2[c-]ccc3c2oc2nc(C)ccc23)c1.[2H]C([2H])([2H])c1c[c-]c(-c2cc(CC(C)(C)C)c(C([2H])([2H])[2H])cn2)c(F)c1.[Ir]. The second-order valence-corrected chi connectivity index (χ2v) is 11.3. The van der Waals surface area contributed by atoms with Gasteiger partial charge in [0, 0.05) is 57.6 Å². The zero-order valence-corrected chi connectivity index (χ0v) is 26.4. The van der Waals surface area contributed by atoms with Crippen LogP contribution in [-0.4, -0.2) is 15.0 Å². The van der Waals surface area contributed by atoms with Crippen LogP contribution in [0.3, 0.4) is 0 Å². The molecule has 6 rings (SSSR count). The van der Waals surface area contributed by atoms with E-state index in [0.29, 0.717) is 17.7 Å². The third-order valence-corrected chi connectivity index (χ3v) is 6.47. The van der Waals surface area contributed by atoms with Crippen LogP contribution in [-0.2, 0) is 26.5 Å². The molecule has 0 spiro atoms. The number of hydrogen-bond acceptors (Lipinski definition) is 4. The maximum atomic E-state index is 14.4. The van der Waals surface area contributed by atoms with E-state index in [-0.39, 0.29) is 47.9 Å². The molecule has 0 unspecified atom stereocenters. The maximum Gasteiger partial charge on any atom is 0.216 e. The molecule has 1 radical (unpaired) electrons. The normalized spacial score (nSPS) is 14.0. The van der Waals surface area contributed by atoms with Gasteiger partial charge in [-0.25, -0.2) is 4.98 Å². The van der Waals surface area contributed by atoms with Crippen LogP contribution in [0.5, 0.6) is 0 Å². The van der Waals surface area contributed by atoms with Gasteiger partial charge < -0.3 is 14.4 Å². The summed E-state index contributed by atoms with van der Waals surface area (Å²) in [6.07, 6.45) is 3.53. The number of aromatic nitrogens is 3. The third kappa shape index (κ3) is 7.00. The zero-order chi connectivity index (χ0) is 34.3. The molecule has 0 bridgehead atoms. The van der Waals surface area contributed by atoms with E-state index in [1.165, 1.54) is 12.3 Å². The van der Waals surface area contributed by atoms with Crippen molar-refractivity contribution in [3.05, 3.63) is 113 Å². The van der Waals surface area contributed by atoms with E-state index in [9.17, 15) is 4.39 Å². The molecule has 6 heteroatoms. The van der Waals surface area contributed by atoms with E-state index in [4.69, 9.17) is 12.6 Å². The minimum Gasteiger partial charge on any atom is -0.486 e. The Morgan fingerprint density at radius 3 is 2.43 bits per heavy atom. The van der Waals surface area contributed by atoms with Crippen molar-refractivity contribution in [2.75, 3.05) is 0 Å². The molecule has 0 amide bonds. The van der Waals surface area contributed by atoms with E-state index in [0.717, 1.165) is 44.9 Å². The van der Waals surface area contributed by atoms with Gasteiger partial charge in [-0.15, -0.1) is 42.0 Å². The Morgan fingerprint density at radius 1 is 0.905 bits per heavy atom. The van der Waals surface area contributed by atoms with Crippen LogP contribution < -0.4 is 0 Å². The molecule has 0 saturated carbocycles. The molecule has 4 heterocycles. The first-order valence-electron chi connectivity index (χ1n) is 16.3. The summed E-state index contributed by atoms with van der Waals surface area (Å²) in [6, 6.07) is 21.6. The summed E-state index contributed by atoms with van der Waals surface area (Å²) in [7, 11) is 0. The molecule has 4 aromatic heterocycles. The maximum absolute atomic E-state index is 14.4. The van der Waals surface area contributed by atoms with Crippen molar-refractivity contribution in [2.24, 2.45) is 5.41 Å². The fourth-order valence-electron chi connectivity index (χ4n) is 4.59. The molecule has 2 aromatic carbocycles. The predicted molar refractivity (Wildman–Crippen MR) is 164 cm³/mol. The molecular formula is C36H34FIrN3O-2. The Morgan fingerprint density at radius 2 is 1.71 bits per heavy atom. The average Bonchev–Trinajstić information content (AvgIpc) is 3.33. The fraction of sp³-hybridized carbons (Fsp3) is 0.250. The molecule has 217 valence electrons. The number of pyridine rings is 3. The van der Waals surface area contributed by atoms with Crippen molar-refractivity contribution in [2.45, 2.75) is 54.7 Å². The van der Waals surface area contributed by atoms with Crippen molar-refractivity contribution in [1.29, 1.82) is 0 Å². The summed E-state index contributed by atoms with van der Waals surface area (Å²) < 4.78 is 65.5. The van der Waals surface area contributed by atoms with E-state index < -0.39 is 19.5 Å². The number of benzene rings is 2. The second-order valence-electron chi connectivity index (χ2n) is 11.3. The monoisotopic (exact) mass is 742 g/mol. The average molecular weight is 742 g/mol. The summed E-state index contributed by atoms with van der Waals surface area (Å²) in [5.41, 5.74) is 5.95. The summed E-state index contributed by atoms with van der Waals surface area (Å²) in [4.78, 5) is 13.0. The van der Waals surface area contributed by atoms with Crippen LogP contribution in [0.2, 0.25) is 0 Å². The summed E-state index contributed by atoms with van der Waals surface area (Å²) in [5, 5.41) is 2.08. The van der Waals surface area contributed by atoms with Gasteiger partial charge in [0.25, 0.3) is 0 Å². The van der Waals surface area contributed by atoms with Gasteiger partial charge in [0.15, 0.2) is 0 Å². The number of fused-ring (bicyclic) bond motifs is 3. The smallest absolute Gasteiger partial charge is 0.216 e. The molecule has 42 heavy (non-hydrogen) atoms. The van der Waals surface area contributed by atoms with Gasteiger partial charge in [-0.05, 0) is 67.7 Å². The van der Waals surface area contributed by atoms with E-state index >= 15 is 0 Å². The Labute approximate surface area is 269 Å². The number of aryl methyl sites for hydroxylation is 4. The molecule has 0 aliphatic carbocycles. The van der Waals surface area contributed by atoms with Crippen LogP contribution in [0.25, 0.3) is 44.6 Å². The molecule has 0 atom stereocenters. The Hall–Kier alpha value is -3.73. The van der Waals surface area contributed by atoms with Crippen LogP contribution in [0.15, 0.2) is 71.4 Å². The molecule has 0 aliphatic rings.